The van der Waals surface area contributed by atoms with E-state index in [2.05, 4.69) is 0 Å². The molecule has 0 unspecified atom stereocenters. The number of amides is 1. The van der Waals surface area contributed by atoms with Crippen molar-refractivity contribution >= 4 is 17.2 Å². The third-order valence-corrected chi connectivity index (χ3v) is 5.91. The number of rotatable bonds is 9. The largest absolute Gasteiger partial charge is 0.493 e. The number of carbonyl (C=O) groups is 1. The lowest BCUT2D eigenvalue weighted by Gasteiger charge is -2.23. The molecule has 8 heteroatoms. The lowest BCUT2D eigenvalue weighted by atomic mass is 10.1. The van der Waals surface area contributed by atoms with Gasteiger partial charge in [0.25, 0.3) is 0 Å². The minimum absolute atomic E-state index is 0.0761. The zero-order chi connectivity index (χ0) is 23.1. The maximum absolute atomic E-state index is 13.0. The number of ether oxygens (including phenoxy) is 2. The SMILES string of the molecule is COc1ccc(CCN(Cc2ccc(C(F)(F)F)cc2)C(=O)Cc2cccs2)cc1OC. The molecule has 0 aliphatic rings. The summed E-state index contributed by atoms with van der Waals surface area (Å²) in [6.07, 6.45) is -3.57. The van der Waals surface area contributed by atoms with Crippen LogP contribution in [0.15, 0.2) is 60.0 Å². The number of halogens is 3. The monoisotopic (exact) mass is 463 g/mol. The molecule has 0 atom stereocenters. The molecule has 0 fully saturated rings. The van der Waals surface area contributed by atoms with Crippen LogP contribution in [0.4, 0.5) is 13.2 Å². The van der Waals surface area contributed by atoms with Crippen LogP contribution in [0.3, 0.4) is 0 Å². The molecule has 2 aromatic carbocycles. The van der Waals surface area contributed by atoms with Gasteiger partial charge >= 0.3 is 6.18 Å². The van der Waals surface area contributed by atoms with Gasteiger partial charge in [-0.3, -0.25) is 4.79 Å². The highest BCUT2D eigenvalue weighted by molar-refractivity contribution is 7.10. The Hall–Kier alpha value is -3.00. The summed E-state index contributed by atoms with van der Waals surface area (Å²) in [7, 11) is 3.12. The fourth-order valence-electron chi connectivity index (χ4n) is 3.29. The van der Waals surface area contributed by atoms with E-state index in [1.165, 1.54) is 23.5 Å². The van der Waals surface area contributed by atoms with Gasteiger partial charge in [-0.2, -0.15) is 13.2 Å². The van der Waals surface area contributed by atoms with Crippen LogP contribution >= 0.6 is 11.3 Å². The summed E-state index contributed by atoms with van der Waals surface area (Å²) >= 11 is 1.50. The molecule has 32 heavy (non-hydrogen) atoms. The van der Waals surface area contributed by atoms with Crippen molar-refractivity contribution in [2.45, 2.75) is 25.6 Å². The normalized spacial score (nSPS) is 11.3. The van der Waals surface area contributed by atoms with E-state index in [0.29, 0.717) is 30.0 Å². The molecule has 0 bridgehead atoms. The average Bonchev–Trinajstić information content (AvgIpc) is 3.29. The van der Waals surface area contributed by atoms with E-state index in [4.69, 9.17) is 9.47 Å². The van der Waals surface area contributed by atoms with Crippen LogP contribution in [0, 0.1) is 0 Å². The fourth-order valence-corrected chi connectivity index (χ4v) is 3.98. The first-order valence-electron chi connectivity index (χ1n) is 9.97. The van der Waals surface area contributed by atoms with E-state index in [1.54, 1.807) is 19.1 Å². The van der Waals surface area contributed by atoms with Crippen molar-refractivity contribution in [2.24, 2.45) is 0 Å². The van der Waals surface area contributed by atoms with Gasteiger partial charge in [-0.15, -0.1) is 11.3 Å². The first-order chi connectivity index (χ1) is 15.3. The first-order valence-corrected chi connectivity index (χ1v) is 10.9. The van der Waals surface area contributed by atoms with Crippen molar-refractivity contribution in [3.05, 3.63) is 81.5 Å². The highest BCUT2D eigenvalue weighted by atomic mass is 32.1. The Bertz CT molecular complexity index is 1020. The summed E-state index contributed by atoms with van der Waals surface area (Å²) in [5.74, 6) is 1.14. The van der Waals surface area contributed by atoms with Gasteiger partial charge in [0.05, 0.1) is 26.2 Å². The second-order valence-corrected chi connectivity index (χ2v) is 8.24. The standard InChI is InChI=1S/C24H24F3NO3S/c1-30-21-10-7-17(14-22(21)31-2)11-12-28(23(29)15-20-4-3-13-32-20)16-18-5-8-19(9-6-18)24(25,26)27/h3-10,13-14H,11-12,15-16H2,1-2H3. The van der Waals surface area contributed by atoms with Crippen molar-refractivity contribution in [3.8, 4) is 11.5 Å². The number of benzene rings is 2. The Kier molecular flexibility index (Phi) is 7.80. The van der Waals surface area contributed by atoms with Crippen LogP contribution in [0.2, 0.25) is 0 Å². The molecule has 4 nitrogen and oxygen atoms in total. The highest BCUT2D eigenvalue weighted by Gasteiger charge is 2.30. The molecule has 0 aliphatic carbocycles. The fraction of sp³-hybridized carbons (Fsp3) is 0.292. The van der Waals surface area contributed by atoms with E-state index in [-0.39, 0.29) is 18.9 Å². The molecule has 0 saturated heterocycles. The van der Waals surface area contributed by atoms with Crippen molar-refractivity contribution in [3.63, 3.8) is 0 Å². The Morgan fingerprint density at radius 1 is 0.969 bits per heavy atom. The van der Waals surface area contributed by atoms with Crippen LogP contribution < -0.4 is 9.47 Å². The Balaban J connectivity index is 1.75. The van der Waals surface area contributed by atoms with Gasteiger partial charge in [0.1, 0.15) is 0 Å². The minimum Gasteiger partial charge on any atom is -0.493 e. The number of nitrogens with zero attached hydrogens (tertiary/aromatic N) is 1. The van der Waals surface area contributed by atoms with Crippen LogP contribution in [-0.4, -0.2) is 31.6 Å². The second-order valence-electron chi connectivity index (χ2n) is 7.21. The maximum atomic E-state index is 13.0. The number of hydrogen-bond donors (Lipinski definition) is 0. The molecular weight excluding hydrogens is 439 g/mol. The smallest absolute Gasteiger partial charge is 0.416 e. The predicted octanol–water partition coefficient (Wildman–Crippen LogP) is 5.60. The van der Waals surface area contributed by atoms with Gasteiger partial charge in [0.2, 0.25) is 5.91 Å². The van der Waals surface area contributed by atoms with Crippen LogP contribution in [0.1, 0.15) is 21.6 Å². The molecular formula is C24H24F3NO3S. The summed E-state index contributed by atoms with van der Waals surface area (Å²) in [5.41, 5.74) is 0.900. The molecule has 0 radical (unpaired) electrons. The molecule has 0 spiro atoms. The summed E-state index contributed by atoms with van der Waals surface area (Å²) in [6, 6.07) is 14.3. The number of alkyl halides is 3. The average molecular weight is 464 g/mol. The van der Waals surface area contributed by atoms with Gasteiger partial charge in [0, 0.05) is 18.0 Å². The molecule has 1 amide bonds. The lowest BCUT2D eigenvalue weighted by Crippen LogP contribution is -2.33. The number of thiophene rings is 1. The Labute approximate surface area is 189 Å². The third-order valence-electron chi connectivity index (χ3n) is 5.03. The zero-order valence-corrected chi connectivity index (χ0v) is 18.6. The summed E-state index contributed by atoms with van der Waals surface area (Å²) < 4.78 is 49.2. The number of methoxy groups -OCH3 is 2. The minimum atomic E-state index is -4.39. The van der Waals surface area contributed by atoms with Crippen LogP contribution in [0.5, 0.6) is 11.5 Å². The number of carbonyl (C=O) groups excluding carboxylic acids is 1. The second kappa shape index (κ2) is 10.5. The molecule has 3 aromatic rings. The van der Waals surface area contributed by atoms with Gasteiger partial charge < -0.3 is 14.4 Å². The third kappa shape index (κ3) is 6.26. The first kappa shape index (κ1) is 23.7. The van der Waals surface area contributed by atoms with Crippen LogP contribution in [0.25, 0.3) is 0 Å². The van der Waals surface area contributed by atoms with Gasteiger partial charge in [-0.1, -0.05) is 24.3 Å². The molecule has 0 aliphatic heterocycles. The molecule has 1 aromatic heterocycles. The summed E-state index contributed by atoms with van der Waals surface area (Å²) in [6.45, 7) is 0.649. The molecule has 3 rings (SSSR count). The zero-order valence-electron chi connectivity index (χ0n) is 17.8. The molecule has 0 saturated carbocycles. The van der Waals surface area contributed by atoms with Crippen molar-refractivity contribution < 1.29 is 27.4 Å². The van der Waals surface area contributed by atoms with Crippen molar-refractivity contribution in [1.29, 1.82) is 0 Å². The van der Waals surface area contributed by atoms with Gasteiger partial charge in [-0.05, 0) is 53.3 Å². The predicted molar refractivity (Wildman–Crippen MR) is 118 cm³/mol. The summed E-state index contributed by atoms with van der Waals surface area (Å²) in [5, 5.41) is 1.91. The van der Waals surface area contributed by atoms with Crippen molar-refractivity contribution in [1.82, 2.24) is 4.90 Å². The number of hydrogen-bond acceptors (Lipinski definition) is 4. The Morgan fingerprint density at radius 2 is 1.66 bits per heavy atom. The maximum Gasteiger partial charge on any atom is 0.416 e. The van der Waals surface area contributed by atoms with E-state index >= 15 is 0 Å². The molecule has 170 valence electrons. The molecule has 0 N–H and O–H groups in total. The highest BCUT2D eigenvalue weighted by Crippen LogP contribution is 2.30. The quantitative estimate of drug-likeness (QED) is 0.415. The van der Waals surface area contributed by atoms with E-state index in [9.17, 15) is 18.0 Å². The van der Waals surface area contributed by atoms with Gasteiger partial charge in [0.15, 0.2) is 11.5 Å². The molecule has 1 heterocycles. The van der Waals surface area contributed by atoms with E-state index in [0.717, 1.165) is 22.6 Å². The van der Waals surface area contributed by atoms with Crippen LogP contribution in [-0.2, 0) is 30.4 Å². The lowest BCUT2D eigenvalue weighted by molar-refractivity contribution is -0.137. The van der Waals surface area contributed by atoms with E-state index in [1.807, 2.05) is 35.7 Å². The Morgan fingerprint density at radius 3 is 2.25 bits per heavy atom. The van der Waals surface area contributed by atoms with E-state index < -0.39 is 11.7 Å². The summed E-state index contributed by atoms with van der Waals surface area (Å²) in [4.78, 5) is 15.6. The topological polar surface area (TPSA) is 38.8 Å². The van der Waals surface area contributed by atoms with Gasteiger partial charge in [-0.25, -0.2) is 0 Å². The van der Waals surface area contributed by atoms with Crippen molar-refractivity contribution in [2.75, 3.05) is 20.8 Å².